The van der Waals surface area contributed by atoms with Gasteiger partial charge in [-0.15, -0.1) is 13.2 Å². The van der Waals surface area contributed by atoms with Gasteiger partial charge in [0.05, 0.1) is 0 Å². The molecule has 0 fully saturated rings. The van der Waals surface area contributed by atoms with Gasteiger partial charge in [0.1, 0.15) is 35.8 Å². The van der Waals surface area contributed by atoms with Crippen molar-refractivity contribution < 1.29 is 27.2 Å². The van der Waals surface area contributed by atoms with E-state index in [4.69, 9.17) is 15.0 Å². The maximum Gasteiger partial charge on any atom is 0.573 e. The molecule has 0 saturated heterocycles. The summed E-state index contributed by atoms with van der Waals surface area (Å²) in [5, 5.41) is 3.80. The van der Waals surface area contributed by atoms with Crippen molar-refractivity contribution in [3.63, 3.8) is 0 Å². The Bertz CT molecular complexity index is 845. The van der Waals surface area contributed by atoms with Gasteiger partial charge in [0.25, 0.3) is 0 Å². The lowest BCUT2D eigenvalue weighted by Crippen LogP contribution is -2.17. The van der Waals surface area contributed by atoms with Crippen LogP contribution in [0.25, 0.3) is 11.3 Å². The van der Waals surface area contributed by atoms with E-state index in [1.54, 1.807) is 30.3 Å². The van der Waals surface area contributed by atoms with E-state index in [0.717, 1.165) is 5.56 Å². The molecule has 0 amide bonds. The van der Waals surface area contributed by atoms with Crippen LogP contribution in [0.2, 0.25) is 0 Å². The first kappa shape index (κ1) is 16.7. The van der Waals surface area contributed by atoms with Gasteiger partial charge >= 0.3 is 6.36 Å². The molecule has 2 aromatic carbocycles. The molecule has 0 atom stereocenters. The number of aromatic nitrogens is 1. The minimum absolute atomic E-state index is 0.0977. The highest BCUT2D eigenvalue weighted by atomic mass is 19.4. The van der Waals surface area contributed by atoms with Crippen LogP contribution < -0.4 is 15.2 Å². The summed E-state index contributed by atoms with van der Waals surface area (Å²) in [6.45, 7) is 0.0977. The van der Waals surface area contributed by atoms with Crippen molar-refractivity contribution in [1.29, 1.82) is 0 Å². The van der Waals surface area contributed by atoms with Gasteiger partial charge in [-0.1, -0.05) is 17.3 Å². The summed E-state index contributed by atoms with van der Waals surface area (Å²) in [6, 6.07) is 12.6. The predicted molar refractivity (Wildman–Crippen MR) is 83.8 cm³/mol. The van der Waals surface area contributed by atoms with E-state index in [9.17, 15) is 13.2 Å². The van der Waals surface area contributed by atoms with Crippen LogP contribution in [0.4, 0.5) is 18.9 Å². The maximum atomic E-state index is 12.2. The van der Waals surface area contributed by atoms with E-state index in [0.29, 0.717) is 22.7 Å². The number of ether oxygens (including phenoxy) is 2. The van der Waals surface area contributed by atoms with E-state index in [1.165, 1.54) is 24.5 Å². The third-order valence-corrected chi connectivity index (χ3v) is 3.26. The van der Waals surface area contributed by atoms with E-state index in [1.807, 2.05) is 0 Å². The van der Waals surface area contributed by atoms with Crippen molar-refractivity contribution in [2.45, 2.75) is 13.0 Å². The largest absolute Gasteiger partial charge is 0.573 e. The molecular formula is C17H13F3N2O3. The second-order valence-corrected chi connectivity index (χ2v) is 5.13. The van der Waals surface area contributed by atoms with Crippen molar-refractivity contribution in [2.24, 2.45) is 0 Å². The zero-order chi connectivity index (χ0) is 17.9. The molecule has 8 heteroatoms. The lowest BCUT2D eigenvalue weighted by Gasteiger charge is -2.11. The average molecular weight is 350 g/mol. The lowest BCUT2D eigenvalue weighted by atomic mass is 10.1. The van der Waals surface area contributed by atoms with Gasteiger partial charge in [0.2, 0.25) is 0 Å². The fourth-order valence-electron chi connectivity index (χ4n) is 2.17. The van der Waals surface area contributed by atoms with Gasteiger partial charge in [0, 0.05) is 5.56 Å². The SMILES string of the molecule is Nc1conc1-c1ccc(OCc2cccc(OC(F)(F)F)c2)cc1. The Morgan fingerprint density at radius 3 is 2.44 bits per heavy atom. The normalized spacial score (nSPS) is 11.3. The van der Waals surface area contributed by atoms with Gasteiger partial charge in [-0.2, -0.15) is 0 Å². The molecule has 2 N–H and O–H groups in total. The summed E-state index contributed by atoms with van der Waals surface area (Å²) in [5.41, 5.74) is 7.99. The summed E-state index contributed by atoms with van der Waals surface area (Å²) >= 11 is 0. The van der Waals surface area contributed by atoms with Crippen LogP contribution in [0.15, 0.2) is 59.3 Å². The van der Waals surface area contributed by atoms with Gasteiger partial charge in [-0.3, -0.25) is 0 Å². The molecule has 1 aromatic heterocycles. The second-order valence-electron chi connectivity index (χ2n) is 5.13. The van der Waals surface area contributed by atoms with Crippen molar-refractivity contribution >= 4 is 5.69 Å². The molecule has 3 rings (SSSR count). The highest BCUT2D eigenvalue weighted by Crippen LogP contribution is 2.27. The van der Waals surface area contributed by atoms with E-state index >= 15 is 0 Å². The first-order valence-corrected chi connectivity index (χ1v) is 7.18. The van der Waals surface area contributed by atoms with Crippen molar-refractivity contribution in [3.8, 4) is 22.8 Å². The minimum Gasteiger partial charge on any atom is -0.489 e. The number of benzene rings is 2. The van der Waals surface area contributed by atoms with Crippen LogP contribution in [0.3, 0.4) is 0 Å². The fraction of sp³-hybridized carbons (Fsp3) is 0.118. The molecule has 0 unspecified atom stereocenters. The number of nitrogen functional groups attached to an aromatic ring is 1. The Balaban J connectivity index is 1.64. The van der Waals surface area contributed by atoms with Crippen LogP contribution in [0.5, 0.6) is 11.5 Å². The topological polar surface area (TPSA) is 70.5 Å². The fourth-order valence-corrected chi connectivity index (χ4v) is 2.17. The maximum absolute atomic E-state index is 12.2. The van der Waals surface area contributed by atoms with Gasteiger partial charge in [-0.05, 0) is 42.0 Å². The summed E-state index contributed by atoms with van der Waals surface area (Å²) in [6.07, 6.45) is -3.38. The van der Waals surface area contributed by atoms with Gasteiger partial charge in [0.15, 0.2) is 0 Å². The number of nitrogens with two attached hydrogens (primary N) is 1. The number of hydrogen-bond donors (Lipinski definition) is 1. The molecule has 5 nitrogen and oxygen atoms in total. The summed E-state index contributed by atoms with van der Waals surface area (Å²) in [5.74, 6) is 0.262. The molecule has 0 aliphatic rings. The zero-order valence-electron chi connectivity index (χ0n) is 12.8. The van der Waals surface area contributed by atoms with E-state index in [2.05, 4.69) is 9.89 Å². The monoisotopic (exact) mass is 350 g/mol. The molecule has 0 aliphatic heterocycles. The molecular weight excluding hydrogens is 337 g/mol. The summed E-state index contributed by atoms with van der Waals surface area (Å²) in [7, 11) is 0. The lowest BCUT2D eigenvalue weighted by molar-refractivity contribution is -0.274. The van der Waals surface area contributed by atoms with E-state index in [-0.39, 0.29) is 12.4 Å². The molecule has 1 heterocycles. The van der Waals surface area contributed by atoms with Crippen LogP contribution in [0, 0.1) is 0 Å². The Labute approximate surface area is 140 Å². The van der Waals surface area contributed by atoms with Crippen LogP contribution >= 0.6 is 0 Å². The number of anilines is 1. The molecule has 25 heavy (non-hydrogen) atoms. The number of hydrogen-bond acceptors (Lipinski definition) is 5. The zero-order valence-corrected chi connectivity index (χ0v) is 12.8. The number of alkyl halides is 3. The molecule has 0 spiro atoms. The Hall–Kier alpha value is -3.16. The Morgan fingerprint density at radius 2 is 1.80 bits per heavy atom. The molecule has 130 valence electrons. The van der Waals surface area contributed by atoms with Gasteiger partial charge in [-0.25, -0.2) is 0 Å². The van der Waals surface area contributed by atoms with Crippen molar-refractivity contribution in [1.82, 2.24) is 5.16 Å². The minimum atomic E-state index is -4.72. The first-order chi connectivity index (χ1) is 11.9. The van der Waals surface area contributed by atoms with E-state index < -0.39 is 6.36 Å². The number of rotatable bonds is 5. The molecule has 0 saturated carbocycles. The smallest absolute Gasteiger partial charge is 0.489 e. The third-order valence-electron chi connectivity index (χ3n) is 3.26. The average Bonchev–Trinajstić information content (AvgIpc) is 2.98. The van der Waals surface area contributed by atoms with Crippen molar-refractivity contribution in [2.75, 3.05) is 5.73 Å². The standard InChI is InChI=1S/C17H13F3N2O3/c18-17(19,20)25-14-3-1-2-11(8-14)9-23-13-6-4-12(5-7-13)16-15(21)10-24-22-16/h1-8,10H,9,21H2. The first-order valence-electron chi connectivity index (χ1n) is 7.18. The van der Waals surface area contributed by atoms with Crippen LogP contribution in [-0.4, -0.2) is 11.5 Å². The molecule has 0 aliphatic carbocycles. The summed E-state index contributed by atoms with van der Waals surface area (Å²) in [4.78, 5) is 0. The van der Waals surface area contributed by atoms with Crippen molar-refractivity contribution in [3.05, 3.63) is 60.4 Å². The molecule has 0 bridgehead atoms. The third kappa shape index (κ3) is 4.43. The highest BCUT2D eigenvalue weighted by molar-refractivity contribution is 5.71. The molecule has 3 aromatic rings. The summed E-state index contributed by atoms with van der Waals surface area (Å²) < 4.78 is 50.9. The van der Waals surface area contributed by atoms with Gasteiger partial charge < -0.3 is 19.7 Å². The predicted octanol–water partition coefficient (Wildman–Crippen LogP) is 4.40. The Kier molecular flexibility index (Phi) is 4.51. The number of halogens is 3. The quantitative estimate of drug-likeness (QED) is 0.738. The second kappa shape index (κ2) is 6.76. The molecule has 0 radical (unpaired) electrons. The Morgan fingerprint density at radius 1 is 1.04 bits per heavy atom. The number of nitrogens with zero attached hydrogens (tertiary/aromatic N) is 1. The van der Waals surface area contributed by atoms with Crippen LogP contribution in [-0.2, 0) is 6.61 Å². The van der Waals surface area contributed by atoms with Crippen LogP contribution in [0.1, 0.15) is 5.56 Å². The highest BCUT2D eigenvalue weighted by Gasteiger charge is 2.31.